The van der Waals surface area contributed by atoms with Crippen molar-refractivity contribution in [3.63, 3.8) is 0 Å². The fourth-order valence-electron chi connectivity index (χ4n) is 7.83. The Morgan fingerprint density at radius 3 is 2.60 bits per heavy atom. The lowest BCUT2D eigenvalue weighted by Crippen LogP contribution is -2.59. The van der Waals surface area contributed by atoms with Crippen molar-refractivity contribution >= 4 is 23.0 Å². The number of rotatable bonds is 5. The molecule has 2 aromatic rings. The van der Waals surface area contributed by atoms with Gasteiger partial charge in [-0.3, -0.25) is 13.9 Å². The number of carbonyl (C=O) groups excluding carboxylic acids is 2. The standard InChI is InChI=1S/C26H33FN4O4/c1-2-6-30-21-10-18(27)3-4-20(21)31(24(30)33)19-5-7-29(14-19)25(34)35-22-16-8-15-9-17(22)13-26(11-15,12-16)23(28)32/h3-4,10,15-17,19,22H,2,5-9,11-14H2,1H3,(H2,28,32)/t15?,16?,17?,19-,22-,26-/m0/s1. The van der Waals surface area contributed by atoms with Crippen molar-refractivity contribution < 1.29 is 18.7 Å². The van der Waals surface area contributed by atoms with Gasteiger partial charge in [0.15, 0.2) is 0 Å². The first-order valence-electron chi connectivity index (χ1n) is 13.0. The lowest BCUT2D eigenvalue weighted by molar-refractivity contribution is -0.161. The number of carbonyl (C=O) groups is 2. The zero-order valence-electron chi connectivity index (χ0n) is 20.1. The third-order valence-electron chi connectivity index (χ3n) is 9.10. The van der Waals surface area contributed by atoms with Gasteiger partial charge in [0, 0.05) is 19.6 Å². The van der Waals surface area contributed by atoms with E-state index >= 15 is 0 Å². The van der Waals surface area contributed by atoms with Crippen molar-refractivity contribution in [2.45, 2.75) is 70.6 Å². The minimum Gasteiger partial charge on any atom is -0.446 e. The molecule has 1 saturated heterocycles. The first-order valence-corrected chi connectivity index (χ1v) is 13.0. The molecular formula is C26H33FN4O4. The smallest absolute Gasteiger partial charge is 0.410 e. The second kappa shape index (κ2) is 8.10. The number of hydrogen-bond acceptors (Lipinski definition) is 4. The largest absolute Gasteiger partial charge is 0.446 e. The van der Waals surface area contributed by atoms with Crippen LogP contribution in [0.25, 0.3) is 11.0 Å². The summed E-state index contributed by atoms with van der Waals surface area (Å²) >= 11 is 0. The molecule has 4 aliphatic carbocycles. The van der Waals surface area contributed by atoms with Crippen molar-refractivity contribution in [3.05, 3.63) is 34.5 Å². The molecule has 9 heteroatoms. The molecule has 2 heterocycles. The average Bonchev–Trinajstić information content (AvgIpc) is 3.39. The second-order valence-corrected chi connectivity index (χ2v) is 11.3. The van der Waals surface area contributed by atoms with Gasteiger partial charge in [-0.1, -0.05) is 6.92 Å². The summed E-state index contributed by atoms with van der Waals surface area (Å²) in [6, 6.07) is 4.26. The lowest BCUT2D eigenvalue weighted by atomic mass is 9.48. The van der Waals surface area contributed by atoms with Gasteiger partial charge in [0.05, 0.1) is 22.5 Å². The zero-order chi connectivity index (χ0) is 24.5. The van der Waals surface area contributed by atoms with Crippen molar-refractivity contribution in [1.82, 2.24) is 14.0 Å². The number of halogens is 1. The van der Waals surface area contributed by atoms with Crippen molar-refractivity contribution in [2.75, 3.05) is 13.1 Å². The molecule has 5 aliphatic rings. The predicted octanol–water partition coefficient (Wildman–Crippen LogP) is 3.42. The van der Waals surface area contributed by atoms with Gasteiger partial charge in [-0.15, -0.1) is 0 Å². The van der Waals surface area contributed by atoms with Crippen LogP contribution in [0.5, 0.6) is 0 Å². The van der Waals surface area contributed by atoms with Gasteiger partial charge in [0.25, 0.3) is 0 Å². The van der Waals surface area contributed by atoms with Crippen molar-refractivity contribution in [1.29, 1.82) is 0 Å². The summed E-state index contributed by atoms with van der Waals surface area (Å²) in [5, 5.41) is 0. The normalized spacial score (nSPS) is 33.5. The number of aromatic nitrogens is 2. The summed E-state index contributed by atoms with van der Waals surface area (Å²) in [7, 11) is 0. The molecule has 188 valence electrons. The van der Waals surface area contributed by atoms with Crippen molar-refractivity contribution in [3.8, 4) is 0 Å². The maximum Gasteiger partial charge on any atom is 0.410 e. The molecule has 3 atom stereocenters. The van der Waals surface area contributed by atoms with Crippen LogP contribution in [-0.2, 0) is 16.1 Å². The molecule has 2 amide bonds. The SMILES string of the molecule is CCCn1c(=O)n([C@H]2CCN(C(=O)O[C@H]3C4CC5CC3C[C@](C(N)=O)(C5)C4)C2)c2ccc(F)cc21. The second-order valence-electron chi connectivity index (χ2n) is 11.3. The molecule has 5 fully saturated rings. The number of imidazole rings is 1. The van der Waals surface area contributed by atoms with Gasteiger partial charge in [-0.25, -0.2) is 14.0 Å². The Bertz CT molecular complexity index is 1240. The van der Waals surface area contributed by atoms with E-state index in [0.717, 1.165) is 38.5 Å². The van der Waals surface area contributed by atoms with Gasteiger partial charge >= 0.3 is 11.8 Å². The Hall–Kier alpha value is -2.84. The number of amides is 2. The van der Waals surface area contributed by atoms with Crippen LogP contribution in [0, 0.1) is 29.0 Å². The fraction of sp³-hybridized carbons (Fsp3) is 0.654. The Morgan fingerprint density at radius 1 is 1.17 bits per heavy atom. The highest BCUT2D eigenvalue weighted by molar-refractivity contribution is 5.81. The molecular weight excluding hydrogens is 451 g/mol. The molecule has 8 nitrogen and oxygen atoms in total. The highest BCUT2D eigenvalue weighted by Crippen LogP contribution is 2.60. The van der Waals surface area contributed by atoms with Crippen LogP contribution in [0.2, 0.25) is 0 Å². The molecule has 0 radical (unpaired) electrons. The number of primary amides is 1. The fourth-order valence-corrected chi connectivity index (χ4v) is 7.83. The van der Waals surface area contributed by atoms with E-state index in [-0.39, 0.29) is 47.5 Å². The molecule has 4 saturated carbocycles. The zero-order valence-corrected chi connectivity index (χ0v) is 20.1. The Kier molecular flexibility index (Phi) is 5.23. The number of nitrogens with zero attached hydrogens (tertiary/aromatic N) is 3. The van der Waals surface area contributed by atoms with E-state index in [1.807, 2.05) is 6.92 Å². The molecule has 1 aromatic heterocycles. The molecule has 2 N–H and O–H groups in total. The van der Waals surface area contributed by atoms with Gasteiger partial charge in [0.2, 0.25) is 5.91 Å². The number of nitrogens with two attached hydrogens (primary N) is 1. The number of hydrogen-bond donors (Lipinski definition) is 1. The molecule has 35 heavy (non-hydrogen) atoms. The van der Waals surface area contributed by atoms with E-state index in [9.17, 15) is 18.8 Å². The van der Waals surface area contributed by atoms with E-state index in [4.69, 9.17) is 10.5 Å². The van der Waals surface area contributed by atoms with Gasteiger partial charge in [-0.2, -0.15) is 0 Å². The summed E-state index contributed by atoms with van der Waals surface area (Å²) in [5.74, 6) is 0.325. The summed E-state index contributed by atoms with van der Waals surface area (Å²) in [4.78, 5) is 40.3. The first-order chi connectivity index (χ1) is 16.8. The van der Waals surface area contributed by atoms with Crippen LogP contribution in [0.3, 0.4) is 0 Å². The Labute approximate surface area is 203 Å². The summed E-state index contributed by atoms with van der Waals surface area (Å²) in [5.41, 5.74) is 6.50. The number of ether oxygens (including phenoxy) is 1. The van der Waals surface area contributed by atoms with E-state index in [2.05, 4.69) is 0 Å². The monoisotopic (exact) mass is 484 g/mol. The quantitative estimate of drug-likeness (QED) is 0.703. The van der Waals surface area contributed by atoms with Crippen LogP contribution < -0.4 is 11.4 Å². The number of benzene rings is 1. The maximum atomic E-state index is 13.9. The third kappa shape index (κ3) is 3.49. The molecule has 1 aromatic carbocycles. The molecule has 0 spiro atoms. The number of likely N-dealkylation sites (tertiary alicyclic amines) is 1. The van der Waals surface area contributed by atoms with Crippen LogP contribution >= 0.6 is 0 Å². The van der Waals surface area contributed by atoms with Crippen LogP contribution in [0.1, 0.15) is 57.9 Å². The average molecular weight is 485 g/mol. The Morgan fingerprint density at radius 2 is 1.91 bits per heavy atom. The van der Waals surface area contributed by atoms with Crippen molar-refractivity contribution in [2.24, 2.45) is 28.9 Å². The highest BCUT2D eigenvalue weighted by atomic mass is 19.1. The first kappa shape index (κ1) is 22.6. The minimum absolute atomic E-state index is 0.162. The molecule has 4 bridgehead atoms. The minimum atomic E-state index is -0.411. The Balaban J connectivity index is 1.19. The van der Waals surface area contributed by atoms with E-state index < -0.39 is 5.41 Å². The van der Waals surface area contributed by atoms with Crippen LogP contribution in [0.4, 0.5) is 9.18 Å². The van der Waals surface area contributed by atoms with E-state index in [0.29, 0.717) is 43.0 Å². The lowest BCUT2D eigenvalue weighted by Gasteiger charge is -2.58. The van der Waals surface area contributed by atoms with Crippen LogP contribution in [0.15, 0.2) is 23.0 Å². The summed E-state index contributed by atoms with van der Waals surface area (Å²) in [6.07, 6.45) is 5.22. The van der Waals surface area contributed by atoms with Gasteiger partial charge < -0.3 is 15.4 Å². The highest BCUT2D eigenvalue weighted by Gasteiger charge is 2.59. The van der Waals surface area contributed by atoms with Gasteiger partial charge in [0.1, 0.15) is 11.9 Å². The van der Waals surface area contributed by atoms with E-state index in [1.165, 1.54) is 12.1 Å². The molecule has 2 unspecified atom stereocenters. The molecule has 1 aliphatic heterocycles. The number of aryl methyl sites for hydroxylation is 1. The van der Waals surface area contributed by atoms with Gasteiger partial charge in [-0.05, 0) is 80.9 Å². The summed E-state index contributed by atoms with van der Waals surface area (Å²) < 4.78 is 23.4. The summed E-state index contributed by atoms with van der Waals surface area (Å²) in [6.45, 7) is 3.39. The third-order valence-corrected chi connectivity index (χ3v) is 9.10. The number of fused-ring (bicyclic) bond motifs is 1. The van der Waals surface area contributed by atoms with E-state index in [1.54, 1.807) is 20.1 Å². The van der Waals surface area contributed by atoms with Crippen LogP contribution in [-0.4, -0.2) is 45.2 Å². The maximum absolute atomic E-state index is 13.9. The predicted molar refractivity (Wildman–Crippen MR) is 127 cm³/mol. The topological polar surface area (TPSA) is 99.6 Å². The molecule has 7 rings (SSSR count).